The molecular formula is C8H6O2S2. The highest BCUT2D eigenvalue weighted by atomic mass is 32.2. The summed E-state index contributed by atoms with van der Waals surface area (Å²) in [5.41, 5.74) is 0.440. The predicted molar refractivity (Wildman–Crippen MR) is 50.6 cm³/mol. The van der Waals surface area contributed by atoms with Gasteiger partial charge in [-0.3, -0.25) is 9.59 Å². The fourth-order valence-corrected chi connectivity index (χ4v) is 3.12. The summed E-state index contributed by atoms with van der Waals surface area (Å²) in [6.45, 7) is 0. The molecule has 0 amide bonds. The third-order valence-electron chi connectivity index (χ3n) is 1.75. The molecule has 0 aromatic heterocycles. The summed E-state index contributed by atoms with van der Waals surface area (Å²) in [6, 6.07) is 0. The van der Waals surface area contributed by atoms with Crippen LogP contribution in [0, 0.1) is 0 Å². The van der Waals surface area contributed by atoms with Crippen molar-refractivity contribution < 1.29 is 9.59 Å². The van der Waals surface area contributed by atoms with Gasteiger partial charge in [-0.1, -0.05) is 23.5 Å². The fourth-order valence-electron chi connectivity index (χ4n) is 1.19. The van der Waals surface area contributed by atoms with Crippen molar-refractivity contribution in [3.05, 3.63) is 20.6 Å². The molecule has 62 valence electrons. The van der Waals surface area contributed by atoms with E-state index in [0.29, 0.717) is 18.4 Å². The monoisotopic (exact) mass is 198 g/mol. The first-order valence-electron chi connectivity index (χ1n) is 3.58. The van der Waals surface area contributed by atoms with Crippen molar-refractivity contribution >= 4 is 35.1 Å². The lowest BCUT2D eigenvalue weighted by molar-refractivity contribution is -0.116. The minimum atomic E-state index is 0.0127. The molecular weight excluding hydrogens is 192 g/mol. The van der Waals surface area contributed by atoms with Gasteiger partial charge in [0.1, 0.15) is 0 Å². The van der Waals surface area contributed by atoms with E-state index in [2.05, 4.69) is 0 Å². The van der Waals surface area contributed by atoms with Crippen LogP contribution in [-0.2, 0) is 9.59 Å². The number of Topliss-reactive ketones (excluding diaryl/α,β-unsaturated/α-hetero) is 2. The normalized spacial score (nSPS) is 23.0. The summed E-state index contributed by atoms with van der Waals surface area (Å²) < 4.78 is 0.863. The molecule has 1 aliphatic heterocycles. The Hall–Kier alpha value is -0.480. The molecule has 1 saturated carbocycles. The first kappa shape index (κ1) is 8.13. The van der Waals surface area contributed by atoms with E-state index in [-0.39, 0.29) is 11.6 Å². The van der Waals surface area contributed by atoms with Crippen LogP contribution in [0.5, 0.6) is 0 Å². The van der Waals surface area contributed by atoms with Crippen LogP contribution in [0.1, 0.15) is 12.8 Å². The van der Waals surface area contributed by atoms with Gasteiger partial charge in [-0.2, -0.15) is 0 Å². The average molecular weight is 198 g/mol. The average Bonchev–Trinajstić information content (AvgIpc) is 2.61. The van der Waals surface area contributed by atoms with E-state index in [1.807, 2.05) is 10.8 Å². The Morgan fingerprint density at radius 2 is 1.50 bits per heavy atom. The van der Waals surface area contributed by atoms with Crippen molar-refractivity contribution in [1.29, 1.82) is 0 Å². The van der Waals surface area contributed by atoms with Crippen LogP contribution in [0.3, 0.4) is 0 Å². The van der Waals surface area contributed by atoms with Gasteiger partial charge in [0.25, 0.3) is 0 Å². The van der Waals surface area contributed by atoms with Crippen LogP contribution in [0.15, 0.2) is 20.6 Å². The molecule has 0 spiro atoms. The number of hydrogen-bond acceptors (Lipinski definition) is 4. The molecule has 4 heteroatoms. The number of ketones is 2. The van der Waals surface area contributed by atoms with Crippen LogP contribution in [-0.4, -0.2) is 11.6 Å². The van der Waals surface area contributed by atoms with E-state index in [1.165, 1.54) is 23.5 Å². The third kappa shape index (κ3) is 1.25. The van der Waals surface area contributed by atoms with E-state index in [0.717, 1.165) is 4.24 Å². The van der Waals surface area contributed by atoms with E-state index in [4.69, 9.17) is 0 Å². The fraction of sp³-hybridized carbons (Fsp3) is 0.250. The van der Waals surface area contributed by atoms with Gasteiger partial charge >= 0.3 is 0 Å². The molecule has 2 aliphatic rings. The molecule has 1 aliphatic carbocycles. The first-order valence-corrected chi connectivity index (χ1v) is 5.34. The van der Waals surface area contributed by atoms with Gasteiger partial charge < -0.3 is 0 Å². The number of hydrogen-bond donors (Lipinski definition) is 0. The molecule has 0 unspecified atom stereocenters. The van der Waals surface area contributed by atoms with Gasteiger partial charge in [-0.25, -0.2) is 0 Å². The molecule has 0 aromatic carbocycles. The molecule has 0 N–H and O–H groups in total. The van der Waals surface area contributed by atoms with Crippen molar-refractivity contribution in [3.8, 4) is 0 Å². The van der Waals surface area contributed by atoms with Crippen LogP contribution in [0.2, 0.25) is 0 Å². The molecule has 0 atom stereocenters. The minimum Gasteiger partial charge on any atom is -0.294 e. The molecule has 0 saturated heterocycles. The number of rotatable bonds is 0. The second-order valence-electron chi connectivity index (χ2n) is 2.52. The summed E-state index contributed by atoms with van der Waals surface area (Å²) >= 11 is 2.93. The van der Waals surface area contributed by atoms with Crippen molar-refractivity contribution in [2.75, 3.05) is 0 Å². The zero-order valence-corrected chi connectivity index (χ0v) is 7.83. The van der Waals surface area contributed by atoms with Crippen LogP contribution in [0.4, 0.5) is 0 Å². The van der Waals surface area contributed by atoms with Gasteiger partial charge in [0.2, 0.25) is 0 Å². The number of thioether (sulfide) groups is 2. The maximum absolute atomic E-state index is 11.2. The lowest BCUT2D eigenvalue weighted by Gasteiger charge is -1.97. The number of carbonyl (C=O) groups excluding carboxylic acids is 2. The van der Waals surface area contributed by atoms with Crippen molar-refractivity contribution in [2.45, 2.75) is 12.8 Å². The van der Waals surface area contributed by atoms with Gasteiger partial charge in [0, 0.05) is 12.8 Å². The second kappa shape index (κ2) is 3.11. The quantitative estimate of drug-likeness (QED) is 0.441. The zero-order chi connectivity index (χ0) is 8.55. The van der Waals surface area contributed by atoms with Crippen LogP contribution < -0.4 is 0 Å². The highest BCUT2D eigenvalue weighted by Gasteiger charge is 2.30. The van der Waals surface area contributed by atoms with Crippen molar-refractivity contribution in [2.24, 2.45) is 0 Å². The summed E-state index contributed by atoms with van der Waals surface area (Å²) in [6.07, 6.45) is 0.803. The Kier molecular flexibility index (Phi) is 2.11. The van der Waals surface area contributed by atoms with E-state index in [1.54, 1.807) is 0 Å². The van der Waals surface area contributed by atoms with E-state index < -0.39 is 0 Å². The summed E-state index contributed by atoms with van der Waals surface area (Å²) in [5.74, 6) is 0.0254. The standard InChI is InChI=1S/C8H6O2S2/c9-5-1-2-6(10)7(5)8-11-3-4-12-8/h3-4H,1-2H2. The Labute approximate surface area is 78.5 Å². The highest BCUT2D eigenvalue weighted by molar-refractivity contribution is 8.27. The van der Waals surface area contributed by atoms with Crippen molar-refractivity contribution in [1.82, 2.24) is 0 Å². The number of carbonyl (C=O) groups is 2. The first-order chi connectivity index (χ1) is 5.79. The molecule has 1 heterocycles. The SMILES string of the molecule is O=C1CCC(=O)C1=C1SC=CS1. The second-order valence-corrected chi connectivity index (χ2v) is 4.61. The minimum absolute atomic E-state index is 0.0127. The molecule has 0 radical (unpaired) electrons. The smallest absolute Gasteiger partial charge is 0.168 e. The van der Waals surface area contributed by atoms with Gasteiger partial charge in [-0.15, -0.1) is 0 Å². The Balaban J connectivity index is 2.37. The molecule has 0 bridgehead atoms. The maximum Gasteiger partial charge on any atom is 0.168 e. The topological polar surface area (TPSA) is 34.1 Å². The molecule has 2 rings (SSSR count). The van der Waals surface area contributed by atoms with E-state index >= 15 is 0 Å². The predicted octanol–water partition coefficient (Wildman–Crippen LogP) is 2.08. The summed E-state index contributed by atoms with van der Waals surface area (Å²) in [7, 11) is 0. The Morgan fingerprint density at radius 1 is 1.00 bits per heavy atom. The highest BCUT2D eigenvalue weighted by Crippen LogP contribution is 2.42. The Bertz CT molecular complexity index is 287. The lowest BCUT2D eigenvalue weighted by atomic mass is 10.2. The molecule has 0 aromatic rings. The summed E-state index contributed by atoms with van der Waals surface area (Å²) in [5, 5.41) is 3.79. The van der Waals surface area contributed by atoms with Gasteiger partial charge in [-0.05, 0) is 10.8 Å². The van der Waals surface area contributed by atoms with E-state index in [9.17, 15) is 9.59 Å². The molecule has 12 heavy (non-hydrogen) atoms. The maximum atomic E-state index is 11.2. The number of allylic oxidation sites excluding steroid dienone is 1. The van der Waals surface area contributed by atoms with Gasteiger partial charge in [0.15, 0.2) is 11.6 Å². The summed E-state index contributed by atoms with van der Waals surface area (Å²) in [4.78, 5) is 22.5. The van der Waals surface area contributed by atoms with Gasteiger partial charge in [0.05, 0.1) is 9.81 Å². The largest absolute Gasteiger partial charge is 0.294 e. The zero-order valence-electron chi connectivity index (χ0n) is 6.20. The van der Waals surface area contributed by atoms with Crippen molar-refractivity contribution in [3.63, 3.8) is 0 Å². The Morgan fingerprint density at radius 3 is 2.00 bits per heavy atom. The van der Waals surface area contributed by atoms with Crippen LogP contribution in [0.25, 0.3) is 0 Å². The molecule has 1 fully saturated rings. The third-order valence-corrected chi connectivity index (χ3v) is 3.88. The van der Waals surface area contributed by atoms with Crippen LogP contribution >= 0.6 is 23.5 Å². The lowest BCUT2D eigenvalue weighted by Crippen LogP contribution is -2.00. The molecule has 2 nitrogen and oxygen atoms in total.